The van der Waals surface area contributed by atoms with Crippen LogP contribution in [-0.2, 0) is 5.66 Å². The van der Waals surface area contributed by atoms with E-state index in [1.54, 1.807) is 0 Å². The van der Waals surface area contributed by atoms with Gasteiger partial charge < -0.3 is 0 Å². The van der Waals surface area contributed by atoms with Gasteiger partial charge in [0.1, 0.15) is 0 Å². The Morgan fingerprint density at radius 3 is 1.69 bits per heavy atom. The molecule has 0 unspecified atom stereocenters. The molecule has 2 heteroatoms. The smallest absolute Gasteiger partial charge is 0.0924 e. The third-order valence-electron chi connectivity index (χ3n) is 2.51. The summed E-state index contributed by atoms with van der Waals surface area (Å²) in [6, 6.07) is 11.4. The van der Waals surface area contributed by atoms with Crippen molar-refractivity contribution in [3.05, 3.63) is 35.9 Å². The highest BCUT2D eigenvalue weighted by Crippen LogP contribution is 2.18. The average molecular weight is 220 g/mol. The Hall–Kier alpha value is -0.860. The van der Waals surface area contributed by atoms with Crippen LogP contribution in [0, 0.1) is 0 Å². The summed E-state index contributed by atoms with van der Waals surface area (Å²) >= 11 is 0. The molecule has 0 spiro atoms. The van der Waals surface area contributed by atoms with Crippen LogP contribution in [0.4, 0.5) is 0 Å². The van der Waals surface area contributed by atoms with Gasteiger partial charge >= 0.3 is 0 Å². The van der Waals surface area contributed by atoms with E-state index in [2.05, 4.69) is 75.6 Å². The van der Waals surface area contributed by atoms with Crippen molar-refractivity contribution in [2.24, 2.45) is 0 Å². The lowest BCUT2D eigenvalue weighted by Gasteiger charge is -2.36. The Labute approximate surface area is 99.5 Å². The molecule has 0 heterocycles. The fourth-order valence-electron chi connectivity index (χ4n) is 2.13. The topological polar surface area (TPSA) is 24.1 Å². The van der Waals surface area contributed by atoms with E-state index in [9.17, 15) is 0 Å². The van der Waals surface area contributed by atoms with E-state index in [4.69, 9.17) is 0 Å². The molecule has 0 aliphatic rings. The summed E-state index contributed by atoms with van der Waals surface area (Å²) in [5.74, 6) is 0. The van der Waals surface area contributed by atoms with E-state index in [0.29, 0.717) is 12.1 Å². The number of hydrogen-bond acceptors (Lipinski definition) is 2. The monoisotopic (exact) mass is 220 g/mol. The van der Waals surface area contributed by atoms with Gasteiger partial charge in [0.15, 0.2) is 0 Å². The number of rotatable bonds is 5. The molecule has 16 heavy (non-hydrogen) atoms. The molecule has 0 aliphatic carbocycles. The van der Waals surface area contributed by atoms with Crippen LogP contribution in [0.1, 0.15) is 40.2 Å². The lowest BCUT2D eigenvalue weighted by atomic mass is 9.99. The molecule has 0 aromatic heterocycles. The van der Waals surface area contributed by atoms with Gasteiger partial charge in [0, 0.05) is 12.1 Å². The molecule has 0 saturated carbocycles. The van der Waals surface area contributed by atoms with Gasteiger partial charge in [-0.1, -0.05) is 30.3 Å². The van der Waals surface area contributed by atoms with E-state index < -0.39 is 0 Å². The first-order chi connectivity index (χ1) is 7.44. The number of nitrogens with one attached hydrogen (secondary N) is 2. The Morgan fingerprint density at radius 1 is 0.875 bits per heavy atom. The first kappa shape index (κ1) is 13.2. The van der Waals surface area contributed by atoms with E-state index in [1.807, 2.05) is 0 Å². The van der Waals surface area contributed by atoms with Crippen molar-refractivity contribution in [3.8, 4) is 0 Å². The number of benzene rings is 1. The zero-order valence-electron chi connectivity index (χ0n) is 11.0. The van der Waals surface area contributed by atoms with Gasteiger partial charge in [-0.05, 0) is 40.2 Å². The van der Waals surface area contributed by atoms with Crippen LogP contribution in [-0.4, -0.2) is 12.1 Å². The predicted octanol–water partition coefficient (Wildman–Crippen LogP) is 2.86. The van der Waals surface area contributed by atoms with Crippen molar-refractivity contribution in [1.82, 2.24) is 10.6 Å². The highest BCUT2D eigenvalue weighted by Gasteiger charge is 2.26. The van der Waals surface area contributed by atoms with Crippen molar-refractivity contribution in [2.45, 2.75) is 52.4 Å². The minimum absolute atomic E-state index is 0.163. The summed E-state index contributed by atoms with van der Waals surface area (Å²) in [6.45, 7) is 10.9. The summed E-state index contributed by atoms with van der Waals surface area (Å²) in [5.41, 5.74) is 1.11. The molecule has 1 aromatic carbocycles. The maximum absolute atomic E-state index is 3.59. The molecule has 0 saturated heterocycles. The maximum Gasteiger partial charge on any atom is 0.0924 e. The van der Waals surface area contributed by atoms with Gasteiger partial charge in [0.2, 0.25) is 0 Å². The molecule has 1 rings (SSSR count). The van der Waals surface area contributed by atoms with Crippen molar-refractivity contribution in [1.29, 1.82) is 0 Å². The third kappa shape index (κ3) is 3.62. The van der Waals surface area contributed by atoms with Crippen LogP contribution in [0.3, 0.4) is 0 Å². The fraction of sp³-hybridized carbons (Fsp3) is 0.571. The molecule has 0 radical (unpaired) electrons. The lowest BCUT2D eigenvalue weighted by Crippen LogP contribution is -2.56. The number of hydrogen-bond donors (Lipinski definition) is 2. The van der Waals surface area contributed by atoms with Crippen LogP contribution >= 0.6 is 0 Å². The minimum Gasteiger partial charge on any atom is -0.294 e. The summed E-state index contributed by atoms with van der Waals surface area (Å²) in [7, 11) is 0. The molecule has 0 atom stereocenters. The summed E-state index contributed by atoms with van der Waals surface area (Å²) in [4.78, 5) is 0. The molecular formula is C14H24N2. The zero-order valence-corrected chi connectivity index (χ0v) is 11.0. The zero-order chi connectivity index (χ0) is 12.2. The van der Waals surface area contributed by atoms with Crippen LogP contribution in [0.5, 0.6) is 0 Å². The molecule has 0 bridgehead atoms. The van der Waals surface area contributed by atoms with Crippen LogP contribution in [0.25, 0.3) is 0 Å². The molecule has 1 aromatic rings. The van der Waals surface area contributed by atoms with Crippen molar-refractivity contribution < 1.29 is 0 Å². The Morgan fingerprint density at radius 2 is 1.31 bits per heavy atom. The van der Waals surface area contributed by atoms with E-state index >= 15 is 0 Å². The molecule has 0 aliphatic heterocycles. The van der Waals surface area contributed by atoms with Crippen molar-refractivity contribution >= 4 is 0 Å². The Bertz CT molecular complexity index is 294. The second-order valence-electron chi connectivity index (χ2n) is 5.09. The van der Waals surface area contributed by atoms with E-state index in [0.717, 1.165) is 0 Å². The fourth-order valence-corrected chi connectivity index (χ4v) is 2.13. The largest absolute Gasteiger partial charge is 0.294 e. The Kier molecular flexibility index (Phi) is 4.51. The standard InChI is InChI=1S/C14H24N2/c1-11(2)15-14(5,16-12(3)4)13-9-7-6-8-10-13/h6-12,15-16H,1-5H3. The molecular weight excluding hydrogens is 196 g/mol. The second kappa shape index (κ2) is 5.46. The average Bonchev–Trinajstić information content (AvgIpc) is 2.16. The van der Waals surface area contributed by atoms with Gasteiger partial charge in [-0.2, -0.15) is 0 Å². The van der Waals surface area contributed by atoms with Gasteiger partial charge in [-0.15, -0.1) is 0 Å². The molecule has 90 valence electrons. The van der Waals surface area contributed by atoms with Gasteiger partial charge in [0.25, 0.3) is 0 Å². The van der Waals surface area contributed by atoms with Crippen LogP contribution in [0.15, 0.2) is 30.3 Å². The molecule has 2 nitrogen and oxygen atoms in total. The first-order valence-electron chi connectivity index (χ1n) is 6.05. The summed E-state index contributed by atoms with van der Waals surface area (Å²) in [6.07, 6.45) is 0. The van der Waals surface area contributed by atoms with E-state index in [-0.39, 0.29) is 5.66 Å². The van der Waals surface area contributed by atoms with Gasteiger partial charge in [-0.3, -0.25) is 10.6 Å². The van der Waals surface area contributed by atoms with E-state index in [1.165, 1.54) is 5.56 Å². The molecule has 0 amide bonds. The van der Waals surface area contributed by atoms with Crippen molar-refractivity contribution in [3.63, 3.8) is 0 Å². The highest BCUT2D eigenvalue weighted by atomic mass is 15.2. The SMILES string of the molecule is CC(C)NC(C)(NC(C)C)c1ccccc1. The molecule has 2 N–H and O–H groups in total. The summed E-state index contributed by atoms with van der Waals surface area (Å²) in [5, 5.41) is 7.19. The lowest BCUT2D eigenvalue weighted by molar-refractivity contribution is 0.245. The van der Waals surface area contributed by atoms with Crippen LogP contribution in [0.2, 0.25) is 0 Å². The normalized spacial score (nSPS) is 12.4. The third-order valence-corrected chi connectivity index (χ3v) is 2.51. The highest BCUT2D eigenvalue weighted by molar-refractivity contribution is 5.23. The summed E-state index contributed by atoms with van der Waals surface area (Å²) < 4.78 is 0. The van der Waals surface area contributed by atoms with Gasteiger partial charge in [0.05, 0.1) is 5.66 Å². The second-order valence-corrected chi connectivity index (χ2v) is 5.09. The first-order valence-corrected chi connectivity index (χ1v) is 6.05. The minimum atomic E-state index is -0.163. The molecule has 0 fully saturated rings. The quantitative estimate of drug-likeness (QED) is 0.746. The predicted molar refractivity (Wildman–Crippen MR) is 70.3 cm³/mol. The van der Waals surface area contributed by atoms with Crippen LogP contribution < -0.4 is 10.6 Å². The van der Waals surface area contributed by atoms with Crippen molar-refractivity contribution in [2.75, 3.05) is 0 Å². The van der Waals surface area contributed by atoms with Gasteiger partial charge in [-0.25, -0.2) is 0 Å². The Balaban J connectivity index is 2.95. The maximum atomic E-state index is 3.59.